The molecule has 0 spiro atoms. The summed E-state index contributed by atoms with van der Waals surface area (Å²) >= 11 is 1.45. The second-order valence-corrected chi connectivity index (χ2v) is 16.1. The number of fused-ring (bicyclic) bond motifs is 3. The number of ether oxygens (including phenoxy) is 2. The fourth-order valence-electron chi connectivity index (χ4n) is 6.93. The van der Waals surface area contributed by atoms with Crippen LogP contribution in [0.25, 0.3) is 21.6 Å². The lowest BCUT2D eigenvalue weighted by molar-refractivity contribution is -0.140. The van der Waals surface area contributed by atoms with Gasteiger partial charge in [0.15, 0.2) is 0 Å². The highest BCUT2D eigenvalue weighted by Crippen LogP contribution is 2.47. The van der Waals surface area contributed by atoms with E-state index in [2.05, 4.69) is 15.0 Å². The molecule has 12 nitrogen and oxygen atoms in total. The molecule has 2 aromatic heterocycles. The first-order valence-electron chi connectivity index (χ1n) is 16.4. The van der Waals surface area contributed by atoms with Gasteiger partial charge in [0, 0.05) is 48.6 Å². The Labute approximate surface area is 283 Å². The quantitative estimate of drug-likeness (QED) is 0.351. The Balaban J connectivity index is 1.19. The fourth-order valence-corrected chi connectivity index (χ4v) is 8.89. The van der Waals surface area contributed by atoms with E-state index in [0.29, 0.717) is 54.9 Å². The summed E-state index contributed by atoms with van der Waals surface area (Å²) in [6, 6.07) is 7.36. The van der Waals surface area contributed by atoms with Crippen LogP contribution in [0.4, 0.5) is 0 Å². The SMILES string of the molecule is COc1ccc2c(O[C@@H]3C[C@H]4C(=O)N[C@]5(C(=O)NS(=O)(=O)C6CC6)C[C@H]5/C=C\CCCCN(C)C(=O)[C@@H]4C3)cc(-c3nccs3)nc2c1. The van der Waals surface area contributed by atoms with Crippen molar-refractivity contribution in [1.82, 2.24) is 24.9 Å². The molecule has 254 valence electrons. The molecular weight excluding hydrogens is 655 g/mol. The van der Waals surface area contributed by atoms with Crippen LogP contribution in [0.5, 0.6) is 11.5 Å². The lowest BCUT2D eigenvalue weighted by Gasteiger charge is -2.26. The molecule has 2 N–H and O–H groups in total. The van der Waals surface area contributed by atoms with Crippen LogP contribution in [0.1, 0.15) is 51.4 Å². The van der Waals surface area contributed by atoms with Crippen LogP contribution >= 0.6 is 11.3 Å². The van der Waals surface area contributed by atoms with Gasteiger partial charge in [-0.05, 0) is 63.5 Å². The zero-order valence-corrected chi connectivity index (χ0v) is 28.5. The monoisotopic (exact) mass is 693 g/mol. The molecule has 0 radical (unpaired) electrons. The van der Waals surface area contributed by atoms with Crippen LogP contribution in [0.15, 0.2) is 48.0 Å². The Kier molecular flexibility index (Phi) is 8.65. The van der Waals surface area contributed by atoms with Crippen molar-refractivity contribution < 1.29 is 32.3 Å². The molecule has 4 aliphatic rings. The van der Waals surface area contributed by atoms with Gasteiger partial charge in [-0.25, -0.2) is 18.4 Å². The van der Waals surface area contributed by atoms with Gasteiger partial charge in [0.1, 0.15) is 33.8 Å². The van der Waals surface area contributed by atoms with E-state index in [1.807, 2.05) is 41.8 Å². The molecule has 48 heavy (non-hydrogen) atoms. The standard InChI is InChI=1S/C34H39N5O7S2/c1-39-13-6-4-3-5-7-20-19-34(20,33(42)38-48(43,44)23-9-10-23)37-30(40)25-15-22(16-26(25)32(39)41)46-29-18-28(31-35-12-14-47-31)36-27-17-21(45-2)8-11-24(27)29/h5,7-8,11-12,14,17-18,20,22-23,25-26H,3-4,6,9-10,13,15-16,19H2,1-2H3,(H,37,40)(H,38,42)/b7-5-/t20-,22-,25-,26-,34-/m1/s1. The fraction of sp³-hybridized carbons (Fsp3) is 0.500. The van der Waals surface area contributed by atoms with Crippen LogP contribution < -0.4 is 19.5 Å². The van der Waals surface area contributed by atoms with Crippen molar-refractivity contribution in [3.63, 3.8) is 0 Å². The third-order valence-corrected chi connectivity index (χ3v) is 12.5. The van der Waals surface area contributed by atoms with Gasteiger partial charge in [-0.2, -0.15) is 0 Å². The number of allylic oxidation sites excluding steroid dienone is 1. The predicted octanol–water partition coefficient (Wildman–Crippen LogP) is 3.82. The maximum atomic E-state index is 14.1. The Bertz CT molecular complexity index is 1880. The number of carbonyl (C=O) groups is 3. The average Bonchev–Trinajstić information content (AvgIpc) is 3.93. The molecule has 5 atom stereocenters. The minimum Gasteiger partial charge on any atom is -0.497 e. The van der Waals surface area contributed by atoms with Crippen molar-refractivity contribution in [3.8, 4) is 22.2 Å². The lowest BCUT2D eigenvalue weighted by Crippen LogP contribution is -2.54. The van der Waals surface area contributed by atoms with Gasteiger partial charge in [0.25, 0.3) is 5.91 Å². The van der Waals surface area contributed by atoms with Crippen molar-refractivity contribution in [2.75, 3.05) is 20.7 Å². The molecule has 3 heterocycles. The number of aromatic nitrogens is 2. The second-order valence-electron chi connectivity index (χ2n) is 13.3. The van der Waals surface area contributed by atoms with Gasteiger partial charge < -0.3 is 19.7 Å². The summed E-state index contributed by atoms with van der Waals surface area (Å²) in [5, 5.41) is 5.71. The number of benzene rings is 1. The molecular formula is C34H39N5O7S2. The Morgan fingerprint density at radius 2 is 1.96 bits per heavy atom. The molecule has 1 aromatic carbocycles. The van der Waals surface area contributed by atoms with E-state index in [1.165, 1.54) is 11.3 Å². The molecule has 3 fully saturated rings. The van der Waals surface area contributed by atoms with Gasteiger partial charge in [-0.3, -0.25) is 19.1 Å². The number of carbonyl (C=O) groups excluding carboxylic acids is 3. The summed E-state index contributed by atoms with van der Waals surface area (Å²) in [6.45, 7) is 0.561. The third kappa shape index (κ3) is 6.39. The summed E-state index contributed by atoms with van der Waals surface area (Å²) in [7, 11) is -0.473. The number of amides is 3. The van der Waals surface area contributed by atoms with E-state index in [4.69, 9.17) is 14.5 Å². The van der Waals surface area contributed by atoms with Crippen LogP contribution in [0, 0.1) is 17.8 Å². The molecule has 3 aromatic rings. The maximum absolute atomic E-state index is 14.1. The van der Waals surface area contributed by atoms with Crippen LogP contribution in [-0.2, 0) is 24.4 Å². The highest BCUT2D eigenvalue weighted by molar-refractivity contribution is 7.91. The van der Waals surface area contributed by atoms with Crippen molar-refractivity contribution in [1.29, 1.82) is 0 Å². The Morgan fingerprint density at radius 1 is 1.15 bits per heavy atom. The van der Waals surface area contributed by atoms with Gasteiger partial charge in [-0.15, -0.1) is 11.3 Å². The average molecular weight is 694 g/mol. The first-order valence-corrected chi connectivity index (χ1v) is 18.9. The number of nitrogens with one attached hydrogen (secondary N) is 2. The second kappa shape index (κ2) is 12.8. The summed E-state index contributed by atoms with van der Waals surface area (Å²) in [6.07, 6.45) is 9.34. The normalized spacial score (nSPS) is 28.5. The van der Waals surface area contributed by atoms with Crippen LogP contribution in [0.3, 0.4) is 0 Å². The van der Waals surface area contributed by atoms with E-state index in [-0.39, 0.29) is 18.2 Å². The van der Waals surface area contributed by atoms with Gasteiger partial charge >= 0.3 is 0 Å². The first kappa shape index (κ1) is 32.5. The van der Waals surface area contributed by atoms with E-state index < -0.39 is 50.6 Å². The summed E-state index contributed by atoms with van der Waals surface area (Å²) < 4.78 is 39.7. The highest BCUT2D eigenvalue weighted by Gasteiger charge is 2.62. The van der Waals surface area contributed by atoms with Crippen LogP contribution in [0.2, 0.25) is 0 Å². The smallest absolute Gasteiger partial charge is 0.259 e. The number of hydrogen-bond acceptors (Lipinski definition) is 10. The van der Waals surface area contributed by atoms with Gasteiger partial charge in [0.2, 0.25) is 21.8 Å². The molecule has 3 saturated carbocycles. The highest BCUT2D eigenvalue weighted by atomic mass is 32.2. The van der Waals surface area contributed by atoms with E-state index in [0.717, 1.165) is 29.7 Å². The minimum absolute atomic E-state index is 0.149. The third-order valence-electron chi connectivity index (χ3n) is 9.92. The van der Waals surface area contributed by atoms with Crippen molar-refractivity contribution >= 4 is 50.0 Å². The molecule has 1 aliphatic heterocycles. The van der Waals surface area contributed by atoms with E-state index >= 15 is 0 Å². The van der Waals surface area contributed by atoms with Gasteiger partial charge in [0.05, 0.1) is 29.7 Å². The molecule has 0 unspecified atom stereocenters. The van der Waals surface area contributed by atoms with Gasteiger partial charge in [-0.1, -0.05) is 12.2 Å². The number of rotatable bonds is 7. The maximum Gasteiger partial charge on any atom is 0.259 e. The summed E-state index contributed by atoms with van der Waals surface area (Å²) in [4.78, 5) is 52.5. The number of methoxy groups -OCH3 is 1. The zero-order chi connectivity index (χ0) is 33.6. The van der Waals surface area contributed by atoms with E-state index in [1.54, 1.807) is 25.3 Å². The number of sulfonamides is 1. The topological polar surface area (TPSA) is 157 Å². The number of hydrogen-bond donors (Lipinski definition) is 2. The zero-order valence-electron chi connectivity index (χ0n) is 26.9. The lowest BCUT2D eigenvalue weighted by atomic mass is 9.93. The summed E-state index contributed by atoms with van der Waals surface area (Å²) in [5.74, 6) is -1.93. The summed E-state index contributed by atoms with van der Waals surface area (Å²) in [5.41, 5.74) is -0.0989. The van der Waals surface area contributed by atoms with E-state index in [9.17, 15) is 22.8 Å². The number of pyridine rings is 1. The van der Waals surface area contributed by atoms with Crippen molar-refractivity contribution in [2.24, 2.45) is 17.8 Å². The molecule has 3 aliphatic carbocycles. The van der Waals surface area contributed by atoms with Crippen LogP contribution in [-0.4, -0.2) is 78.6 Å². The Morgan fingerprint density at radius 3 is 2.71 bits per heavy atom. The molecule has 0 bridgehead atoms. The molecule has 0 saturated heterocycles. The Hall–Kier alpha value is -4.04. The van der Waals surface area contributed by atoms with Crippen molar-refractivity contribution in [3.05, 3.63) is 48.0 Å². The predicted molar refractivity (Wildman–Crippen MR) is 180 cm³/mol. The largest absolute Gasteiger partial charge is 0.497 e. The van der Waals surface area contributed by atoms with Crippen molar-refractivity contribution in [2.45, 2.75) is 68.3 Å². The molecule has 14 heteroatoms. The molecule has 7 rings (SSSR count). The number of thiazole rings is 1. The molecule has 3 amide bonds. The number of nitrogens with zero attached hydrogens (tertiary/aromatic N) is 3. The minimum atomic E-state index is -3.82. The first-order chi connectivity index (χ1) is 23.1.